The van der Waals surface area contributed by atoms with Crippen LogP contribution in [0.3, 0.4) is 0 Å². The molecule has 0 rings (SSSR count). The summed E-state index contributed by atoms with van der Waals surface area (Å²) in [6, 6.07) is 0. The fourth-order valence-electron chi connectivity index (χ4n) is 1.13. The molecule has 0 bridgehead atoms. The molecule has 1 atom stereocenters. The van der Waals surface area contributed by atoms with Gasteiger partial charge in [0.2, 0.25) is 0 Å². The van der Waals surface area contributed by atoms with E-state index in [4.69, 9.17) is 5.11 Å². The van der Waals surface area contributed by atoms with E-state index in [0.29, 0.717) is 6.42 Å². The summed E-state index contributed by atoms with van der Waals surface area (Å²) in [5.74, 6) is -0.667. The molecule has 0 spiro atoms. The Balaban J connectivity index is 2.86. The zero-order valence-corrected chi connectivity index (χ0v) is 8.74. The van der Waals surface area contributed by atoms with Crippen LogP contribution in [-0.4, -0.2) is 17.2 Å². The molecule has 2 nitrogen and oxygen atoms in total. The lowest BCUT2D eigenvalue weighted by Gasteiger charge is -1.98. The van der Waals surface area contributed by atoms with Gasteiger partial charge in [-0.1, -0.05) is 25.7 Å². The van der Waals surface area contributed by atoms with Crippen LogP contribution in [0.5, 0.6) is 0 Å². The quantitative estimate of drug-likeness (QED) is 0.472. The average molecular weight is 190 g/mol. The van der Waals surface area contributed by atoms with Crippen LogP contribution in [0, 0.1) is 0 Å². The molecular weight excluding hydrogens is 171 g/mol. The Labute approximate surface area is 76.9 Å². The van der Waals surface area contributed by atoms with Crippen molar-refractivity contribution in [1.29, 1.82) is 0 Å². The summed E-state index contributed by atoms with van der Waals surface area (Å²) in [6.45, 7) is 0. The monoisotopic (exact) mass is 190 g/mol. The average Bonchev–Trinajstić information content (AvgIpc) is 2.02. The first-order chi connectivity index (χ1) is 5.77. The highest BCUT2D eigenvalue weighted by atomic mass is 31.0. The van der Waals surface area contributed by atoms with Gasteiger partial charge in [0.15, 0.2) is 0 Å². The SMILES string of the molecule is O=C(O)CCCCCCCCP. The van der Waals surface area contributed by atoms with Crippen molar-refractivity contribution in [2.45, 2.75) is 44.9 Å². The Hall–Kier alpha value is -0.100. The predicted molar refractivity (Wildman–Crippen MR) is 54.5 cm³/mol. The van der Waals surface area contributed by atoms with Gasteiger partial charge in [0.05, 0.1) is 0 Å². The maximum Gasteiger partial charge on any atom is 0.303 e. The Morgan fingerprint density at radius 2 is 1.50 bits per heavy atom. The topological polar surface area (TPSA) is 37.3 Å². The Morgan fingerprint density at radius 1 is 1.00 bits per heavy atom. The number of aliphatic carboxylic acids is 1. The van der Waals surface area contributed by atoms with Crippen LogP contribution in [0.25, 0.3) is 0 Å². The third-order valence-corrected chi connectivity index (χ3v) is 2.25. The van der Waals surface area contributed by atoms with E-state index >= 15 is 0 Å². The van der Waals surface area contributed by atoms with Crippen LogP contribution in [-0.2, 0) is 4.79 Å². The molecule has 0 heterocycles. The van der Waals surface area contributed by atoms with Crippen LogP contribution in [0.15, 0.2) is 0 Å². The number of carbonyl (C=O) groups is 1. The summed E-state index contributed by atoms with van der Waals surface area (Å²) in [6.07, 6.45) is 8.46. The van der Waals surface area contributed by atoms with Crippen LogP contribution in [0.2, 0.25) is 0 Å². The zero-order chi connectivity index (χ0) is 9.23. The first kappa shape index (κ1) is 11.9. The lowest BCUT2D eigenvalue weighted by molar-refractivity contribution is -0.137. The van der Waals surface area contributed by atoms with Gasteiger partial charge in [0, 0.05) is 6.42 Å². The molecule has 1 unspecified atom stereocenters. The van der Waals surface area contributed by atoms with Crippen molar-refractivity contribution in [3.05, 3.63) is 0 Å². The summed E-state index contributed by atoms with van der Waals surface area (Å²) < 4.78 is 0. The van der Waals surface area contributed by atoms with E-state index in [2.05, 4.69) is 9.24 Å². The largest absolute Gasteiger partial charge is 0.481 e. The fourth-order valence-corrected chi connectivity index (χ4v) is 1.42. The smallest absolute Gasteiger partial charge is 0.303 e. The van der Waals surface area contributed by atoms with Gasteiger partial charge < -0.3 is 5.11 Å². The van der Waals surface area contributed by atoms with Gasteiger partial charge in [-0.25, -0.2) is 0 Å². The first-order valence-corrected chi connectivity index (χ1v) is 5.51. The molecule has 0 aliphatic rings. The van der Waals surface area contributed by atoms with E-state index in [1.165, 1.54) is 31.8 Å². The molecule has 0 saturated carbocycles. The summed E-state index contributed by atoms with van der Waals surface area (Å²) in [5, 5.41) is 8.35. The van der Waals surface area contributed by atoms with E-state index in [1.807, 2.05) is 0 Å². The number of hydrogen-bond acceptors (Lipinski definition) is 1. The van der Waals surface area contributed by atoms with E-state index < -0.39 is 5.97 Å². The second kappa shape index (κ2) is 8.99. The van der Waals surface area contributed by atoms with Crippen molar-refractivity contribution >= 4 is 15.2 Å². The molecule has 0 radical (unpaired) electrons. The van der Waals surface area contributed by atoms with Crippen molar-refractivity contribution in [1.82, 2.24) is 0 Å². The minimum absolute atomic E-state index is 0.337. The van der Waals surface area contributed by atoms with Crippen molar-refractivity contribution in [3.63, 3.8) is 0 Å². The molecule has 1 N–H and O–H groups in total. The zero-order valence-electron chi connectivity index (χ0n) is 7.59. The second-order valence-corrected chi connectivity index (χ2v) is 3.63. The lowest BCUT2D eigenvalue weighted by Crippen LogP contribution is -1.93. The summed E-state index contributed by atoms with van der Waals surface area (Å²) in [7, 11) is 2.72. The Kier molecular flexibility index (Phi) is 8.92. The van der Waals surface area contributed by atoms with Gasteiger partial charge >= 0.3 is 5.97 Å². The summed E-state index contributed by atoms with van der Waals surface area (Å²) in [5.41, 5.74) is 0. The predicted octanol–water partition coefficient (Wildman–Crippen LogP) is 2.68. The molecule has 0 saturated heterocycles. The van der Waals surface area contributed by atoms with E-state index in [-0.39, 0.29) is 0 Å². The fraction of sp³-hybridized carbons (Fsp3) is 0.889. The first-order valence-electron chi connectivity index (χ1n) is 4.69. The number of carboxylic acid groups (broad SMARTS) is 1. The highest BCUT2D eigenvalue weighted by molar-refractivity contribution is 7.16. The molecule has 0 fully saturated rings. The summed E-state index contributed by atoms with van der Waals surface area (Å²) >= 11 is 0. The minimum atomic E-state index is -0.667. The maximum atomic E-state index is 10.1. The van der Waals surface area contributed by atoms with Crippen molar-refractivity contribution in [2.75, 3.05) is 6.16 Å². The van der Waals surface area contributed by atoms with Gasteiger partial charge in [0.25, 0.3) is 0 Å². The van der Waals surface area contributed by atoms with Crippen LogP contribution >= 0.6 is 9.24 Å². The molecule has 0 aromatic heterocycles. The number of hydrogen-bond donors (Lipinski definition) is 1. The summed E-state index contributed by atoms with van der Waals surface area (Å²) in [4.78, 5) is 10.1. The molecule has 0 aliphatic heterocycles. The normalized spacial score (nSPS) is 10.1. The maximum absolute atomic E-state index is 10.1. The molecular formula is C9H19O2P. The van der Waals surface area contributed by atoms with Gasteiger partial charge in [-0.15, -0.1) is 9.24 Å². The third-order valence-electron chi connectivity index (χ3n) is 1.84. The standard InChI is InChI=1S/C9H19O2P/c10-9(11)7-5-3-1-2-4-6-8-12/h1-8,12H2,(H,10,11). The van der Waals surface area contributed by atoms with Gasteiger partial charge in [-0.05, 0) is 19.0 Å². The van der Waals surface area contributed by atoms with Crippen molar-refractivity contribution < 1.29 is 9.90 Å². The molecule has 0 amide bonds. The molecule has 12 heavy (non-hydrogen) atoms. The minimum Gasteiger partial charge on any atom is -0.481 e. The molecule has 3 heteroatoms. The van der Waals surface area contributed by atoms with E-state index in [0.717, 1.165) is 12.8 Å². The Morgan fingerprint density at radius 3 is 2.00 bits per heavy atom. The highest BCUT2D eigenvalue weighted by Gasteiger charge is 1.95. The number of rotatable bonds is 8. The van der Waals surface area contributed by atoms with Crippen molar-refractivity contribution in [3.8, 4) is 0 Å². The molecule has 0 aromatic carbocycles. The van der Waals surface area contributed by atoms with E-state index in [9.17, 15) is 4.79 Å². The van der Waals surface area contributed by atoms with Crippen LogP contribution in [0.1, 0.15) is 44.9 Å². The highest BCUT2D eigenvalue weighted by Crippen LogP contribution is 2.07. The number of unbranched alkanes of at least 4 members (excludes halogenated alkanes) is 5. The van der Waals surface area contributed by atoms with Crippen LogP contribution in [0.4, 0.5) is 0 Å². The third kappa shape index (κ3) is 9.90. The molecule has 0 aromatic rings. The molecule has 0 aliphatic carbocycles. The van der Waals surface area contributed by atoms with Gasteiger partial charge in [-0.3, -0.25) is 4.79 Å². The number of carboxylic acids is 1. The van der Waals surface area contributed by atoms with Gasteiger partial charge in [-0.2, -0.15) is 0 Å². The lowest BCUT2D eigenvalue weighted by atomic mass is 10.1. The molecule has 72 valence electrons. The Bertz CT molecular complexity index is 115. The second-order valence-electron chi connectivity index (χ2n) is 3.05. The van der Waals surface area contributed by atoms with Crippen molar-refractivity contribution in [2.24, 2.45) is 0 Å². The van der Waals surface area contributed by atoms with E-state index in [1.54, 1.807) is 0 Å². The van der Waals surface area contributed by atoms with Crippen LogP contribution < -0.4 is 0 Å². The van der Waals surface area contributed by atoms with Gasteiger partial charge in [0.1, 0.15) is 0 Å².